The van der Waals surface area contributed by atoms with Crippen LogP contribution in [0.5, 0.6) is 0 Å². The minimum atomic E-state index is -0.145. The van der Waals surface area contributed by atoms with Crippen molar-refractivity contribution in [1.29, 1.82) is 0 Å². The lowest BCUT2D eigenvalue weighted by Gasteiger charge is -2.18. The largest absolute Gasteiger partial charge is 0.382 e. The molecule has 2 atom stereocenters. The number of nitrogens with one attached hydrogen (secondary N) is 2. The van der Waals surface area contributed by atoms with Crippen LogP contribution >= 0.6 is 0 Å². The SMILES string of the molecule is CNC(C)C1CNc2c(F)cccc21. The maximum absolute atomic E-state index is 13.3. The second-order valence-electron chi connectivity index (χ2n) is 3.77. The Morgan fingerprint density at radius 3 is 3.07 bits per heavy atom. The van der Waals surface area contributed by atoms with Crippen LogP contribution in [0.1, 0.15) is 18.4 Å². The molecule has 0 aromatic heterocycles. The van der Waals surface area contributed by atoms with Crippen LogP contribution in [0.2, 0.25) is 0 Å². The Morgan fingerprint density at radius 1 is 1.57 bits per heavy atom. The third-order valence-corrected chi connectivity index (χ3v) is 3.00. The van der Waals surface area contributed by atoms with Crippen LogP contribution < -0.4 is 10.6 Å². The first-order chi connectivity index (χ1) is 6.74. The highest BCUT2D eigenvalue weighted by Crippen LogP contribution is 2.34. The van der Waals surface area contributed by atoms with Gasteiger partial charge in [0, 0.05) is 18.5 Å². The Morgan fingerprint density at radius 2 is 2.36 bits per heavy atom. The van der Waals surface area contributed by atoms with Crippen molar-refractivity contribution in [3.63, 3.8) is 0 Å². The molecule has 1 aliphatic heterocycles. The highest BCUT2D eigenvalue weighted by atomic mass is 19.1. The van der Waals surface area contributed by atoms with Gasteiger partial charge in [0.1, 0.15) is 5.82 Å². The molecule has 2 rings (SSSR count). The lowest BCUT2D eigenvalue weighted by atomic mass is 9.94. The molecule has 0 saturated heterocycles. The highest BCUT2D eigenvalue weighted by molar-refractivity contribution is 5.59. The molecule has 3 heteroatoms. The molecule has 76 valence electrons. The van der Waals surface area contributed by atoms with Crippen molar-refractivity contribution in [2.45, 2.75) is 18.9 Å². The summed E-state index contributed by atoms with van der Waals surface area (Å²) in [5, 5.41) is 6.32. The molecule has 2 nitrogen and oxygen atoms in total. The Hall–Kier alpha value is -1.09. The fraction of sp³-hybridized carbons (Fsp3) is 0.455. The molecule has 0 radical (unpaired) electrons. The molecule has 1 aliphatic rings. The van der Waals surface area contributed by atoms with Gasteiger partial charge in [0.15, 0.2) is 0 Å². The van der Waals surface area contributed by atoms with Crippen molar-refractivity contribution in [1.82, 2.24) is 5.32 Å². The maximum atomic E-state index is 13.3. The van der Waals surface area contributed by atoms with Crippen molar-refractivity contribution < 1.29 is 4.39 Å². The Kier molecular flexibility index (Phi) is 2.42. The molecule has 2 unspecified atom stereocenters. The summed E-state index contributed by atoms with van der Waals surface area (Å²) in [6, 6.07) is 5.64. The van der Waals surface area contributed by atoms with Crippen LogP contribution in [0, 0.1) is 5.82 Å². The maximum Gasteiger partial charge on any atom is 0.146 e. The van der Waals surface area contributed by atoms with E-state index in [2.05, 4.69) is 17.6 Å². The van der Waals surface area contributed by atoms with Gasteiger partial charge in [0.2, 0.25) is 0 Å². The first-order valence-corrected chi connectivity index (χ1v) is 4.93. The first kappa shape index (κ1) is 9.46. The molecule has 0 spiro atoms. The summed E-state index contributed by atoms with van der Waals surface area (Å²) in [6.07, 6.45) is 0. The van der Waals surface area contributed by atoms with E-state index < -0.39 is 0 Å². The average Bonchev–Trinajstić information content (AvgIpc) is 2.62. The Labute approximate surface area is 83.5 Å². The molecule has 1 aromatic rings. The second-order valence-corrected chi connectivity index (χ2v) is 3.77. The minimum absolute atomic E-state index is 0.145. The first-order valence-electron chi connectivity index (χ1n) is 4.93. The van der Waals surface area contributed by atoms with Crippen molar-refractivity contribution in [3.8, 4) is 0 Å². The number of rotatable bonds is 2. The molecule has 0 amide bonds. The summed E-state index contributed by atoms with van der Waals surface area (Å²) >= 11 is 0. The van der Waals surface area contributed by atoms with Gasteiger partial charge in [-0.05, 0) is 25.6 Å². The zero-order chi connectivity index (χ0) is 10.1. The summed E-state index contributed by atoms with van der Waals surface area (Å²) < 4.78 is 13.3. The van der Waals surface area contributed by atoms with Crippen LogP contribution in [-0.4, -0.2) is 19.6 Å². The van der Waals surface area contributed by atoms with E-state index in [9.17, 15) is 4.39 Å². The van der Waals surface area contributed by atoms with E-state index in [0.717, 1.165) is 12.1 Å². The number of likely N-dealkylation sites (N-methyl/N-ethyl adjacent to an activating group) is 1. The number of benzene rings is 1. The average molecular weight is 194 g/mol. The predicted molar refractivity (Wildman–Crippen MR) is 56.2 cm³/mol. The number of halogens is 1. The third-order valence-electron chi connectivity index (χ3n) is 3.00. The molecule has 14 heavy (non-hydrogen) atoms. The fourth-order valence-corrected chi connectivity index (χ4v) is 2.01. The van der Waals surface area contributed by atoms with E-state index in [1.165, 1.54) is 6.07 Å². The summed E-state index contributed by atoms with van der Waals surface area (Å²) in [4.78, 5) is 0. The molecule has 0 aliphatic carbocycles. The molecule has 1 heterocycles. The Bertz CT molecular complexity index is 338. The van der Waals surface area contributed by atoms with Crippen LogP contribution in [0.15, 0.2) is 18.2 Å². The molecule has 0 saturated carbocycles. The number of fused-ring (bicyclic) bond motifs is 1. The molecule has 0 fully saturated rings. The van der Waals surface area contributed by atoms with E-state index in [1.54, 1.807) is 6.07 Å². The second kappa shape index (κ2) is 3.58. The van der Waals surface area contributed by atoms with E-state index in [-0.39, 0.29) is 5.82 Å². The highest BCUT2D eigenvalue weighted by Gasteiger charge is 2.27. The predicted octanol–water partition coefficient (Wildman–Crippen LogP) is 1.94. The van der Waals surface area contributed by atoms with Gasteiger partial charge in [-0.1, -0.05) is 12.1 Å². The monoisotopic (exact) mass is 194 g/mol. The summed E-state index contributed by atoms with van der Waals surface area (Å²) in [7, 11) is 1.93. The van der Waals surface area contributed by atoms with E-state index in [4.69, 9.17) is 0 Å². The van der Waals surface area contributed by atoms with Crippen LogP contribution in [0.3, 0.4) is 0 Å². The van der Waals surface area contributed by atoms with Crippen LogP contribution in [0.25, 0.3) is 0 Å². The van der Waals surface area contributed by atoms with E-state index in [0.29, 0.717) is 17.6 Å². The molecule has 2 N–H and O–H groups in total. The van der Waals surface area contributed by atoms with Gasteiger partial charge in [-0.3, -0.25) is 0 Å². The molecular formula is C11H15FN2. The van der Waals surface area contributed by atoms with Gasteiger partial charge in [-0.2, -0.15) is 0 Å². The number of hydrogen-bond acceptors (Lipinski definition) is 2. The van der Waals surface area contributed by atoms with Crippen molar-refractivity contribution >= 4 is 5.69 Å². The smallest absolute Gasteiger partial charge is 0.146 e. The van der Waals surface area contributed by atoms with Gasteiger partial charge in [0.05, 0.1) is 5.69 Å². The lowest BCUT2D eigenvalue weighted by Crippen LogP contribution is -2.29. The van der Waals surface area contributed by atoms with E-state index in [1.807, 2.05) is 13.1 Å². The zero-order valence-corrected chi connectivity index (χ0v) is 8.47. The van der Waals surface area contributed by atoms with Gasteiger partial charge in [-0.15, -0.1) is 0 Å². The third kappa shape index (κ3) is 1.38. The Balaban J connectivity index is 2.35. The summed E-state index contributed by atoms with van der Waals surface area (Å²) in [5.74, 6) is 0.221. The van der Waals surface area contributed by atoms with Gasteiger partial charge < -0.3 is 10.6 Å². The van der Waals surface area contributed by atoms with Crippen molar-refractivity contribution in [3.05, 3.63) is 29.6 Å². The summed E-state index contributed by atoms with van der Waals surface area (Å²) in [5.41, 5.74) is 1.77. The lowest BCUT2D eigenvalue weighted by molar-refractivity contribution is 0.522. The number of hydrogen-bond donors (Lipinski definition) is 2. The van der Waals surface area contributed by atoms with Gasteiger partial charge in [0.25, 0.3) is 0 Å². The molecule has 0 bridgehead atoms. The normalized spacial score (nSPS) is 21.5. The standard InChI is InChI=1S/C11H15FN2/c1-7(13-2)9-6-14-11-8(9)4-3-5-10(11)12/h3-5,7,9,13-14H,6H2,1-2H3. The topological polar surface area (TPSA) is 24.1 Å². The van der Waals surface area contributed by atoms with Crippen molar-refractivity contribution in [2.24, 2.45) is 0 Å². The zero-order valence-electron chi connectivity index (χ0n) is 8.47. The van der Waals surface area contributed by atoms with Gasteiger partial charge in [-0.25, -0.2) is 4.39 Å². The minimum Gasteiger partial charge on any atom is -0.382 e. The van der Waals surface area contributed by atoms with E-state index >= 15 is 0 Å². The van der Waals surface area contributed by atoms with Crippen LogP contribution in [0.4, 0.5) is 10.1 Å². The fourth-order valence-electron chi connectivity index (χ4n) is 2.01. The molecular weight excluding hydrogens is 179 g/mol. The van der Waals surface area contributed by atoms with Crippen LogP contribution in [-0.2, 0) is 0 Å². The van der Waals surface area contributed by atoms with Gasteiger partial charge >= 0.3 is 0 Å². The summed E-state index contributed by atoms with van der Waals surface area (Å²) in [6.45, 7) is 2.94. The van der Waals surface area contributed by atoms with Crippen molar-refractivity contribution in [2.75, 3.05) is 18.9 Å². The number of anilines is 1. The number of para-hydroxylation sites is 1. The quantitative estimate of drug-likeness (QED) is 0.752. The molecule has 1 aromatic carbocycles.